The Bertz CT molecular complexity index is 1470. The highest BCUT2D eigenvalue weighted by atomic mass is 19.1. The topological polar surface area (TPSA) is 23.6 Å². The van der Waals surface area contributed by atoms with E-state index in [1.54, 1.807) is 12.1 Å². The van der Waals surface area contributed by atoms with Crippen molar-refractivity contribution in [3.63, 3.8) is 0 Å². The smallest absolute Gasteiger partial charge is 0.240 e. The van der Waals surface area contributed by atoms with E-state index in [0.717, 1.165) is 25.8 Å². The van der Waals surface area contributed by atoms with Gasteiger partial charge in [-0.3, -0.25) is 9.69 Å². The Morgan fingerprint density at radius 2 is 1.44 bits per heavy atom. The number of benzene rings is 4. The summed E-state index contributed by atoms with van der Waals surface area (Å²) < 4.78 is 14.9. The molecule has 6 rings (SSSR count). The second-order valence-electron chi connectivity index (χ2n) is 11.0. The quantitative estimate of drug-likeness (QED) is 0.285. The summed E-state index contributed by atoms with van der Waals surface area (Å²) in [5, 5.41) is 0. The van der Waals surface area contributed by atoms with Gasteiger partial charge >= 0.3 is 0 Å². The number of hydrogen-bond acceptors (Lipinski definition) is 2. The molecular weight excluding hydrogens is 483 g/mol. The molecule has 3 nitrogen and oxygen atoms in total. The molecule has 0 fully saturated rings. The van der Waals surface area contributed by atoms with Crippen molar-refractivity contribution in [3.8, 4) is 0 Å². The van der Waals surface area contributed by atoms with Crippen molar-refractivity contribution in [1.29, 1.82) is 0 Å². The van der Waals surface area contributed by atoms with Gasteiger partial charge in [-0.05, 0) is 72.6 Å². The van der Waals surface area contributed by atoms with E-state index in [-0.39, 0.29) is 36.4 Å². The van der Waals surface area contributed by atoms with Gasteiger partial charge in [0, 0.05) is 24.7 Å². The van der Waals surface area contributed by atoms with Gasteiger partial charge in [-0.15, -0.1) is 0 Å². The molecule has 39 heavy (non-hydrogen) atoms. The lowest BCUT2D eigenvalue weighted by molar-refractivity contribution is -0.140. The minimum Gasteiger partial charge on any atom is -0.333 e. The third kappa shape index (κ3) is 4.90. The monoisotopic (exact) mass is 518 g/mol. The average molecular weight is 519 g/mol. The van der Waals surface area contributed by atoms with Gasteiger partial charge in [0.2, 0.25) is 5.91 Å². The second-order valence-corrected chi connectivity index (χ2v) is 11.0. The number of aryl methyl sites for hydroxylation is 1. The Morgan fingerprint density at radius 3 is 2.13 bits per heavy atom. The second kappa shape index (κ2) is 10.8. The van der Waals surface area contributed by atoms with Crippen molar-refractivity contribution in [2.24, 2.45) is 0 Å². The molecule has 1 aliphatic heterocycles. The van der Waals surface area contributed by atoms with Gasteiger partial charge in [-0.1, -0.05) is 91.0 Å². The van der Waals surface area contributed by atoms with E-state index in [4.69, 9.17) is 0 Å². The van der Waals surface area contributed by atoms with Crippen LogP contribution in [-0.4, -0.2) is 34.3 Å². The van der Waals surface area contributed by atoms with Gasteiger partial charge in [-0.2, -0.15) is 0 Å². The first-order chi connectivity index (χ1) is 19.0. The Kier molecular flexibility index (Phi) is 7.05. The summed E-state index contributed by atoms with van der Waals surface area (Å²) in [7, 11) is 0. The van der Waals surface area contributed by atoms with Gasteiger partial charge in [0.1, 0.15) is 5.82 Å². The largest absolute Gasteiger partial charge is 0.333 e. The fourth-order valence-corrected chi connectivity index (χ4v) is 6.58. The zero-order valence-electron chi connectivity index (χ0n) is 22.7. The molecule has 4 heteroatoms. The SMILES string of the molecule is Cc1ccccc1C1c2ccccc2CCN1C(C)C(=O)N(Cc1ccccc1F)C1Cc2ccccc2C1. The summed E-state index contributed by atoms with van der Waals surface area (Å²) in [6, 6.07) is 32.0. The number of rotatable bonds is 6. The molecule has 2 aliphatic rings. The molecule has 1 heterocycles. The molecule has 0 saturated heterocycles. The molecule has 0 spiro atoms. The van der Waals surface area contributed by atoms with Crippen LogP contribution in [-0.2, 0) is 30.6 Å². The zero-order valence-corrected chi connectivity index (χ0v) is 22.7. The normalized spacial score (nSPS) is 17.9. The van der Waals surface area contributed by atoms with E-state index < -0.39 is 0 Å². The van der Waals surface area contributed by atoms with Gasteiger partial charge in [0.15, 0.2) is 0 Å². The number of fused-ring (bicyclic) bond motifs is 2. The number of hydrogen-bond donors (Lipinski definition) is 0. The van der Waals surface area contributed by atoms with Crippen molar-refractivity contribution >= 4 is 5.91 Å². The average Bonchev–Trinajstić information content (AvgIpc) is 3.40. The predicted molar refractivity (Wildman–Crippen MR) is 154 cm³/mol. The Morgan fingerprint density at radius 1 is 0.846 bits per heavy atom. The van der Waals surface area contributed by atoms with Crippen molar-refractivity contribution in [3.05, 3.63) is 142 Å². The molecule has 2 atom stereocenters. The molecule has 0 bridgehead atoms. The highest BCUT2D eigenvalue weighted by Crippen LogP contribution is 2.38. The minimum absolute atomic E-state index is 0.00550. The third-order valence-electron chi connectivity index (χ3n) is 8.71. The fourth-order valence-electron chi connectivity index (χ4n) is 6.58. The number of nitrogens with zero attached hydrogens (tertiary/aromatic N) is 2. The maximum Gasteiger partial charge on any atom is 0.240 e. The van der Waals surface area contributed by atoms with Crippen LogP contribution in [0.5, 0.6) is 0 Å². The maximum atomic E-state index is 14.9. The lowest BCUT2D eigenvalue weighted by Gasteiger charge is -2.43. The Balaban J connectivity index is 1.36. The molecule has 0 N–H and O–H groups in total. The van der Waals surface area contributed by atoms with Gasteiger partial charge < -0.3 is 4.90 Å². The first-order valence-electron chi connectivity index (χ1n) is 14.0. The molecule has 4 aromatic carbocycles. The summed E-state index contributed by atoms with van der Waals surface area (Å²) >= 11 is 0. The van der Waals surface area contributed by atoms with Gasteiger partial charge in [0.25, 0.3) is 0 Å². The minimum atomic E-state index is -0.363. The molecule has 0 saturated carbocycles. The van der Waals surface area contributed by atoms with Crippen molar-refractivity contribution in [1.82, 2.24) is 9.80 Å². The first kappa shape index (κ1) is 25.5. The van der Waals surface area contributed by atoms with Crippen LogP contribution in [0, 0.1) is 12.7 Å². The highest BCUT2D eigenvalue weighted by molar-refractivity contribution is 5.82. The van der Waals surface area contributed by atoms with Gasteiger partial charge in [0.05, 0.1) is 12.1 Å². The van der Waals surface area contributed by atoms with Crippen LogP contribution in [0.15, 0.2) is 97.1 Å². The number of amides is 1. The van der Waals surface area contributed by atoms with Crippen molar-refractivity contribution in [2.45, 2.75) is 57.8 Å². The summed E-state index contributed by atoms with van der Waals surface area (Å²) in [5.74, 6) is -0.197. The van der Waals surface area contributed by atoms with E-state index >= 15 is 0 Å². The molecule has 1 amide bonds. The van der Waals surface area contributed by atoms with E-state index in [2.05, 4.69) is 84.6 Å². The van der Waals surface area contributed by atoms with E-state index in [0.29, 0.717) is 5.56 Å². The third-order valence-corrected chi connectivity index (χ3v) is 8.71. The van der Waals surface area contributed by atoms with E-state index in [9.17, 15) is 9.18 Å². The lowest BCUT2D eigenvalue weighted by atomic mass is 9.85. The molecular formula is C35H35FN2O. The highest BCUT2D eigenvalue weighted by Gasteiger charge is 2.39. The lowest BCUT2D eigenvalue weighted by Crippen LogP contribution is -2.53. The summed E-state index contributed by atoms with van der Waals surface area (Å²) in [6.07, 6.45) is 2.50. The molecule has 0 aromatic heterocycles. The molecule has 0 radical (unpaired) electrons. The number of halogens is 1. The van der Waals surface area contributed by atoms with Crippen LogP contribution >= 0.6 is 0 Å². The standard InChI is InChI=1S/C35H35FN2O/c1-24-11-3-8-16-31(24)34-32-17-9-6-12-26(32)19-20-37(34)25(2)35(39)38(23-29-15-7-10-18-33(29)36)30-21-27-13-4-5-14-28(27)22-30/h3-18,25,30,34H,19-23H2,1-2H3. The van der Waals surface area contributed by atoms with Crippen LogP contribution < -0.4 is 0 Å². The summed E-state index contributed by atoms with van der Waals surface area (Å²) in [6.45, 7) is 5.25. The molecule has 1 aliphatic carbocycles. The first-order valence-corrected chi connectivity index (χ1v) is 14.0. The van der Waals surface area contributed by atoms with Crippen LogP contribution in [0.4, 0.5) is 4.39 Å². The molecule has 2 unspecified atom stereocenters. The zero-order chi connectivity index (χ0) is 26.9. The van der Waals surface area contributed by atoms with Crippen LogP contribution in [0.1, 0.15) is 51.9 Å². The van der Waals surface area contributed by atoms with E-state index in [1.807, 2.05) is 17.9 Å². The fraction of sp³-hybridized carbons (Fsp3) is 0.286. The van der Waals surface area contributed by atoms with Crippen molar-refractivity contribution < 1.29 is 9.18 Å². The predicted octanol–water partition coefficient (Wildman–Crippen LogP) is 6.67. The number of carbonyl (C=O) groups is 1. The van der Waals surface area contributed by atoms with Crippen LogP contribution in [0.25, 0.3) is 0 Å². The summed E-state index contributed by atoms with van der Waals surface area (Å²) in [4.78, 5) is 18.9. The van der Waals surface area contributed by atoms with E-state index in [1.165, 1.54) is 39.4 Å². The Hall–Kier alpha value is -3.76. The number of carbonyl (C=O) groups excluding carboxylic acids is 1. The van der Waals surface area contributed by atoms with Crippen LogP contribution in [0.2, 0.25) is 0 Å². The maximum absolute atomic E-state index is 14.9. The van der Waals surface area contributed by atoms with Crippen molar-refractivity contribution in [2.75, 3.05) is 6.54 Å². The van der Waals surface area contributed by atoms with Gasteiger partial charge in [-0.25, -0.2) is 4.39 Å². The molecule has 198 valence electrons. The van der Waals surface area contributed by atoms with Crippen LogP contribution in [0.3, 0.4) is 0 Å². The Labute approximate surface area is 230 Å². The molecule has 4 aromatic rings. The summed E-state index contributed by atoms with van der Waals surface area (Å²) in [5.41, 5.74) is 8.20.